The molecule has 1 fully saturated rings. The van der Waals surface area contributed by atoms with E-state index in [9.17, 15) is 15.0 Å². The molecule has 1 amide bonds. The molecule has 7 nitrogen and oxygen atoms in total. The number of likely N-dealkylation sites (N-methyl/N-ethyl adjacent to an activating group) is 1. The number of hydrogen-bond donors (Lipinski definition) is 2. The Morgan fingerprint density at radius 1 is 1.50 bits per heavy atom. The van der Waals surface area contributed by atoms with Gasteiger partial charge in [0.05, 0.1) is 19.3 Å². The first-order chi connectivity index (χ1) is 9.59. The third-order valence-corrected chi connectivity index (χ3v) is 3.59. The Balaban J connectivity index is 1.79. The van der Waals surface area contributed by atoms with Crippen LogP contribution in [0.1, 0.15) is 12.8 Å². The van der Waals surface area contributed by atoms with Crippen molar-refractivity contribution >= 4 is 5.91 Å². The lowest BCUT2D eigenvalue weighted by Crippen LogP contribution is -2.56. The van der Waals surface area contributed by atoms with E-state index in [1.807, 2.05) is 12.3 Å². The molecule has 20 heavy (non-hydrogen) atoms. The largest absolute Gasteiger partial charge is 0.388 e. The molecule has 0 spiro atoms. The summed E-state index contributed by atoms with van der Waals surface area (Å²) in [5, 5.41) is 23.5. The molecular weight excluding hydrogens is 262 g/mol. The average Bonchev–Trinajstić information content (AvgIpc) is 2.94. The first-order valence-corrected chi connectivity index (χ1v) is 6.76. The summed E-state index contributed by atoms with van der Waals surface area (Å²) < 4.78 is 6.95. The molecule has 7 heteroatoms. The summed E-state index contributed by atoms with van der Waals surface area (Å²) in [4.78, 5) is 13.5. The fraction of sp³-hybridized carbons (Fsp3) is 0.692. The minimum atomic E-state index is -0.955. The van der Waals surface area contributed by atoms with E-state index in [2.05, 4.69) is 5.10 Å². The molecule has 0 saturated carbocycles. The van der Waals surface area contributed by atoms with Crippen LogP contribution in [0.4, 0.5) is 0 Å². The number of nitrogens with zero attached hydrogens (tertiary/aromatic N) is 3. The molecule has 1 aromatic heterocycles. The van der Waals surface area contributed by atoms with Gasteiger partial charge in [0.15, 0.2) is 0 Å². The highest BCUT2D eigenvalue weighted by atomic mass is 16.5. The van der Waals surface area contributed by atoms with Gasteiger partial charge < -0.3 is 19.8 Å². The first kappa shape index (κ1) is 15.0. The van der Waals surface area contributed by atoms with E-state index < -0.39 is 18.2 Å². The SMILES string of the molecule is CN(C(=O)CCCn1cccn1)[C@@H]1COC[C@@H](O)[C@H]1O. The number of aliphatic hydroxyl groups excluding tert-OH is 2. The van der Waals surface area contributed by atoms with E-state index in [4.69, 9.17) is 4.74 Å². The number of hydrogen-bond acceptors (Lipinski definition) is 5. The Morgan fingerprint density at radius 2 is 2.30 bits per heavy atom. The van der Waals surface area contributed by atoms with Gasteiger partial charge in [0.25, 0.3) is 0 Å². The predicted molar refractivity (Wildman–Crippen MR) is 70.9 cm³/mol. The van der Waals surface area contributed by atoms with Crippen molar-refractivity contribution in [2.45, 2.75) is 37.6 Å². The summed E-state index contributed by atoms with van der Waals surface area (Å²) in [6.07, 6.45) is 2.71. The van der Waals surface area contributed by atoms with Crippen molar-refractivity contribution in [3.63, 3.8) is 0 Å². The Kier molecular flexibility index (Phi) is 5.11. The molecule has 1 aromatic rings. The summed E-state index contributed by atoms with van der Waals surface area (Å²) >= 11 is 0. The van der Waals surface area contributed by atoms with Gasteiger partial charge in [-0.1, -0.05) is 0 Å². The zero-order valence-electron chi connectivity index (χ0n) is 11.6. The van der Waals surface area contributed by atoms with Crippen LogP contribution in [0, 0.1) is 0 Å². The molecule has 1 aliphatic heterocycles. The van der Waals surface area contributed by atoms with E-state index in [1.54, 1.807) is 17.9 Å². The van der Waals surface area contributed by atoms with E-state index in [0.717, 1.165) is 0 Å². The van der Waals surface area contributed by atoms with Gasteiger partial charge in [-0.15, -0.1) is 0 Å². The molecule has 0 unspecified atom stereocenters. The molecular formula is C13H21N3O4. The molecule has 2 rings (SSSR count). The van der Waals surface area contributed by atoms with E-state index >= 15 is 0 Å². The highest BCUT2D eigenvalue weighted by Crippen LogP contribution is 2.15. The third-order valence-electron chi connectivity index (χ3n) is 3.59. The number of rotatable bonds is 5. The standard InChI is InChI=1S/C13H21N3O4/c1-15(10-8-20-9-11(17)13(10)19)12(18)4-2-6-16-7-3-5-14-16/h3,5,7,10-11,13,17,19H,2,4,6,8-9H2,1H3/t10-,11-,13+/m1/s1. The van der Waals surface area contributed by atoms with Crippen molar-refractivity contribution in [3.8, 4) is 0 Å². The van der Waals surface area contributed by atoms with Crippen molar-refractivity contribution in [2.75, 3.05) is 20.3 Å². The van der Waals surface area contributed by atoms with Crippen LogP contribution >= 0.6 is 0 Å². The maximum Gasteiger partial charge on any atom is 0.222 e. The minimum Gasteiger partial charge on any atom is -0.388 e. The van der Waals surface area contributed by atoms with Crippen molar-refractivity contribution in [1.82, 2.24) is 14.7 Å². The number of amides is 1. The third kappa shape index (κ3) is 3.56. The van der Waals surface area contributed by atoms with Crippen LogP contribution in [0.5, 0.6) is 0 Å². The van der Waals surface area contributed by atoms with E-state index in [0.29, 0.717) is 19.4 Å². The van der Waals surface area contributed by atoms with Gasteiger partial charge in [-0.05, 0) is 12.5 Å². The fourth-order valence-corrected chi connectivity index (χ4v) is 2.29. The Labute approximate surface area is 117 Å². The molecule has 0 aliphatic carbocycles. The maximum absolute atomic E-state index is 12.1. The van der Waals surface area contributed by atoms with Gasteiger partial charge in [-0.25, -0.2) is 0 Å². The van der Waals surface area contributed by atoms with E-state index in [1.165, 1.54) is 4.90 Å². The lowest BCUT2D eigenvalue weighted by atomic mass is 10.0. The normalized spacial score (nSPS) is 26.4. The molecule has 0 radical (unpaired) electrons. The number of aliphatic hydroxyl groups is 2. The van der Waals surface area contributed by atoms with Crippen molar-refractivity contribution in [2.24, 2.45) is 0 Å². The monoisotopic (exact) mass is 283 g/mol. The molecule has 3 atom stereocenters. The molecule has 112 valence electrons. The lowest BCUT2D eigenvalue weighted by Gasteiger charge is -2.37. The summed E-state index contributed by atoms with van der Waals surface area (Å²) in [6, 6.07) is 1.35. The van der Waals surface area contributed by atoms with Crippen LogP contribution in [0.2, 0.25) is 0 Å². The second-order valence-corrected chi connectivity index (χ2v) is 5.04. The minimum absolute atomic E-state index is 0.0705. The smallest absolute Gasteiger partial charge is 0.222 e. The van der Waals surface area contributed by atoms with Crippen LogP contribution in [0.25, 0.3) is 0 Å². The van der Waals surface area contributed by atoms with Crippen molar-refractivity contribution in [1.29, 1.82) is 0 Å². The Hall–Kier alpha value is -1.44. The van der Waals surface area contributed by atoms with E-state index in [-0.39, 0.29) is 19.1 Å². The summed E-state index contributed by atoms with van der Waals surface area (Å²) in [5.41, 5.74) is 0. The molecule has 0 bridgehead atoms. The van der Waals surface area contributed by atoms with Gasteiger partial charge in [0.1, 0.15) is 12.2 Å². The van der Waals surface area contributed by atoms with Crippen LogP contribution in [-0.2, 0) is 16.1 Å². The summed E-state index contributed by atoms with van der Waals surface area (Å²) in [6.45, 7) is 1.04. The lowest BCUT2D eigenvalue weighted by molar-refractivity contribution is -0.153. The number of carbonyl (C=O) groups is 1. The maximum atomic E-state index is 12.1. The molecule has 2 heterocycles. The molecule has 2 N–H and O–H groups in total. The second-order valence-electron chi connectivity index (χ2n) is 5.04. The average molecular weight is 283 g/mol. The number of aryl methyl sites for hydroxylation is 1. The zero-order valence-corrected chi connectivity index (χ0v) is 11.6. The molecule has 0 aromatic carbocycles. The highest BCUT2D eigenvalue weighted by molar-refractivity contribution is 5.76. The Bertz CT molecular complexity index is 423. The van der Waals surface area contributed by atoms with Crippen LogP contribution < -0.4 is 0 Å². The van der Waals surface area contributed by atoms with Gasteiger partial charge >= 0.3 is 0 Å². The van der Waals surface area contributed by atoms with Gasteiger partial charge in [0.2, 0.25) is 5.91 Å². The number of carbonyl (C=O) groups excluding carboxylic acids is 1. The number of ether oxygens (including phenoxy) is 1. The zero-order chi connectivity index (χ0) is 14.5. The molecule has 1 aliphatic rings. The predicted octanol–water partition coefficient (Wildman–Crippen LogP) is -0.758. The first-order valence-electron chi connectivity index (χ1n) is 6.76. The summed E-state index contributed by atoms with van der Waals surface area (Å²) in [7, 11) is 1.63. The van der Waals surface area contributed by atoms with Gasteiger partial charge in [-0.3, -0.25) is 9.48 Å². The highest BCUT2D eigenvalue weighted by Gasteiger charge is 2.35. The quantitative estimate of drug-likeness (QED) is 0.742. The van der Waals surface area contributed by atoms with Crippen LogP contribution in [-0.4, -0.2) is 69.3 Å². The van der Waals surface area contributed by atoms with Gasteiger partial charge in [0, 0.05) is 32.4 Å². The van der Waals surface area contributed by atoms with Crippen LogP contribution in [0.15, 0.2) is 18.5 Å². The van der Waals surface area contributed by atoms with Crippen molar-refractivity contribution < 1.29 is 19.7 Å². The Morgan fingerprint density at radius 3 is 3.00 bits per heavy atom. The van der Waals surface area contributed by atoms with Gasteiger partial charge in [-0.2, -0.15) is 5.10 Å². The topological polar surface area (TPSA) is 87.8 Å². The second kappa shape index (κ2) is 6.83. The van der Waals surface area contributed by atoms with Crippen LogP contribution in [0.3, 0.4) is 0 Å². The molecule has 1 saturated heterocycles. The fourth-order valence-electron chi connectivity index (χ4n) is 2.29. The van der Waals surface area contributed by atoms with Crippen molar-refractivity contribution in [3.05, 3.63) is 18.5 Å². The summed E-state index contributed by atoms with van der Waals surface area (Å²) in [5.74, 6) is -0.0705. The number of aromatic nitrogens is 2.